The summed E-state index contributed by atoms with van der Waals surface area (Å²) in [6.07, 6.45) is 0.889. The van der Waals surface area contributed by atoms with Crippen LogP contribution in [0.4, 0.5) is 14.9 Å². The fourth-order valence-electron chi connectivity index (χ4n) is 4.81. The molecule has 3 aromatic rings. The summed E-state index contributed by atoms with van der Waals surface area (Å²) in [4.78, 5) is 27.3. The van der Waals surface area contributed by atoms with Crippen LogP contribution in [-0.2, 0) is 6.54 Å². The molecule has 1 fully saturated rings. The summed E-state index contributed by atoms with van der Waals surface area (Å²) in [5, 5.41) is 2.95. The van der Waals surface area contributed by atoms with Crippen LogP contribution >= 0.6 is 0 Å². The number of halogens is 1. The Hall–Kier alpha value is -3.41. The molecule has 0 radical (unpaired) electrons. The molecule has 0 unspecified atom stereocenters. The van der Waals surface area contributed by atoms with Gasteiger partial charge in [-0.05, 0) is 36.6 Å². The number of nitrogens with zero attached hydrogens (tertiary/aromatic N) is 2. The number of pyridine rings is 1. The van der Waals surface area contributed by atoms with Gasteiger partial charge in [-0.3, -0.25) is 4.79 Å². The Morgan fingerprint density at radius 1 is 0.900 bits per heavy atom. The van der Waals surface area contributed by atoms with E-state index in [4.69, 9.17) is 0 Å². The Morgan fingerprint density at radius 3 is 2.47 bits per heavy atom. The first-order chi connectivity index (χ1) is 14.6. The number of carbonyl (C=O) groups excluding carboxylic acids is 1. The Bertz CT molecular complexity index is 1160. The van der Waals surface area contributed by atoms with Crippen molar-refractivity contribution in [3.05, 3.63) is 88.6 Å². The molecule has 2 aliphatic rings. The third-order valence-electron chi connectivity index (χ3n) is 6.07. The minimum absolute atomic E-state index is 0.0115. The van der Waals surface area contributed by atoms with Crippen molar-refractivity contribution in [2.75, 3.05) is 18.4 Å². The minimum Gasteiger partial charge on any atom is -0.324 e. The molecule has 5 nitrogen and oxygen atoms in total. The number of amides is 2. The van der Waals surface area contributed by atoms with E-state index in [1.807, 2.05) is 35.2 Å². The Kier molecular flexibility index (Phi) is 4.62. The van der Waals surface area contributed by atoms with Gasteiger partial charge in [0.05, 0.1) is 0 Å². The first-order valence-corrected chi connectivity index (χ1v) is 10.2. The van der Waals surface area contributed by atoms with E-state index in [1.165, 1.54) is 12.1 Å². The highest BCUT2D eigenvalue weighted by Crippen LogP contribution is 2.40. The fourth-order valence-corrected chi connectivity index (χ4v) is 4.81. The quantitative estimate of drug-likeness (QED) is 0.693. The van der Waals surface area contributed by atoms with Crippen LogP contribution in [-0.4, -0.2) is 28.6 Å². The summed E-state index contributed by atoms with van der Waals surface area (Å²) in [5.74, 6) is -0.121. The van der Waals surface area contributed by atoms with E-state index in [2.05, 4.69) is 5.32 Å². The van der Waals surface area contributed by atoms with Crippen molar-refractivity contribution >= 4 is 11.7 Å². The van der Waals surface area contributed by atoms with E-state index < -0.39 is 0 Å². The van der Waals surface area contributed by atoms with Crippen LogP contribution in [0.2, 0.25) is 0 Å². The second-order valence-electron chi connectivity index (χ2n) is 8.06. The molecule has 5 rings (SSSR count). The summed E-state index contributed by atoms with van der Waals surface area (Å²) >= 11 is 0. The van der Waals surface area contributed by atoms with Gasteiger partial charge in [-0.25, -0.2) is 9.18 Å². The van der Waals surface area contributed by atoms with E-state index in [-0.39, 0.29) is 29.2 Å². The molecule has 3 heterocycles. The molecule has 2 amide bonds. The molecule has 1 N–H and O–H groups in total. The van der Waals surface area contributed by atoms with E-state index in [0.29, 0.717) is 25.2 Å². The molecule has 6 heteroatoms. The SMILES string of the molecule is O=C(Nc1ccccc1)N1C[C@@H]2C[C@H](C1)c1c(-c3ccccc3F)ccc(=O)n1C2. The molecule has 152 valence electrons. The summed E-state index contributed by atoms with van der Waals surface area (Å²) in [7, 11) is 0. The van der Waals surface area contributed by atoms with Gasteiger partial charge in [-0.1, -0.05) is 36.4 Å². The molecular weight excluding hydrogens is 381 g/mol. The zero-order valence-electron chi connectivity index (χ0n) is 16.4. The van der Waals surface area contributed by atoms with Gasteiger partial charge >= 0.3 is 6.03 Å². The summed E-state index contributed by atoms with van der Waals surface area (Å²) in [6.45, 7) is 1.65. The third kappa shape index (κ3) is 3.28. The number of aromatic nitrogens is 1. The van der Waals surface area contributed by atoms with Gasteiger partial charge in [0.25, 0.3) is 5.56 Å². The fraction of sp³-hybridized carbons (Fsp3) is 0.250. The van der Waals surface area contributed by atoms with Crippen LogP contribution in [0.3, 0.4) is 0 Å². The zero-order valence-corrected chi connectivity index (χ0v) is 16.4. The number of carbonyl (C=O) groups is 1. The molecule has 30 heavy (non-hydrogen) atoms. The zero-order chi connectivity index (χ0) is 20.7. The molecule has 1 aromatic heterocycles. The van der Waals surface area contributed by atoms with Crippen molar-refractivity contribution in [3.8, 4) is 11.1 Å². The van der Waals surface area contributed by atoms with Crippen molar-refractivity contribution in [1.82, 2.24) is 9.47 Å². The molecule has 0 spiro atoms. The molecule has 2 aromatic carbocycles. The Labute approximate surface area is 173 Å². The number of fused-ring (bicyclic) bond motifs is 4. The van der Waals surface area contributed by atoms with Crippen LogP contribution in [0.25, 0.3) is 11.1 Å². The summed E-state index contributed by atoms with van der Waals surface area (Å²) in [5.41, 5.74) is 2.75. The van der Waals surface area contributed by atoms with E-state index in [1.54, 1.807) is 28.8 Å². The number of likely N-dealkylation sites (tertiary alicyclic amines) is 1. The number of piperidine rings is 1. The molecule has 2 atom stereocenters. The third-order valence-corrected chi connectivity index (χ3v) is 6.07. The molecule has 2 bridgehead atoms. The number of nitrogens with one attached hydrogen (secondary N) is 1. The van der Waals surface area contributed by atoms with Gasteiger partial charge < -0.3 is 14.8 Å². The molecular formula is C24H22FN3O2. The Balaban J connectivity index is 1.49. The lowest BCUT2D eigenvalue weighted by molar-refractivity contribution is 0.140. The standard InChI is InChI=1S/C24H22FN3O2/c25-21-9-5-4-8-19(21)20-10-11-22(29)28-14-16-12-17(23(20)28)15-27(13-16)24(30)26-18-6-2-1-3-7-18/h1-11,16-17H,12-15H2,(H,26,30)/t16-,17+/m0/s1. The number of rotatable bonds is 2. The van der Waals surface area contributed by atoms with Gasteiger partial charge in [0, 0.05) is 54.1 Å². The first-order valence-electron chi connectivity index (χ1n) is 10.2. The highest BCUT2D eigenvalue weighted by Gasteiger charge is 2.38. The monoisotopic (exact) mass is 403 g/mol. The maximum atomic E-state index is 14.6. The van der Waals surface area contributed by atoms with Crippen molar-refractivity contribution in [1.29, 1.82) is 0 Å². The molecule has 0 saturated carbocycles. The van der Waals surface area contributed by atoms with Gasteiger partial charge in [0.2, 0.25) is 0 Å². The lowest BCUT2D eigenvalue weighted by Gasteiger charge is -2.43. The van der Waals surface area contributed by atoms with E-state index in [0.717, 1.165) is 23.4 Å². The van der Waals surface area contributed by atoms with Crippen LogP contribution in [0.5, 0.6) is 0 Å². The summed E-state index contributed by atoms with van der Waals surface area (Å²) in [6, 6.07) is 19.1. The van der Waals surface area contributed by atoms with Gasteiger partial charge in [0.15, 0.2) is 0 Å². The van der Waals surface area contributed by atoms with E-state index in [9.17, 15) is 14.0 Å². The molecule has 0 aliphatic carbocycles. The van der Waals surface area contributed by atoms with Crippen LogP contribution in [0.15, 0.2) is 71.5 Å². The maximum absolute atomic E-state index is 14.6. The lowest BCUT2D eigenvalue weighted by Crippen LogP contribution is -2.50. The minimum atomic E-state index is -0.310. The van der Waals surface area contributed by atoms with Gasteiger partial charge in [-0.15, -0.1) is 0 Å². The first kappa shape index (κ1) is 18.6. The average Bonchev–Trinajstić information content (AvgIpc) is 2.75. The Morgan fingerprint density at radius 2 is 1.67 bits per heavy atom. The van der Waals surface area contributed by atoms with Crippen molar-refractivity contribution in [2.24, 2.45) is 5.92 Å². The van der Waals surface area contributed by atoms with Gasteiger partial charge in [-0.2, -0.15) is 0 Å². The highest BCUT2D eigenvalue weighted by molar-refractivity contribution is 5.89. The van der Waals surface area contributed by atoms with Crippen molar-refractivity contribution < 1.29 is 9.18 Å². The molecule has 1 saturated heterocycles. The van der Waals surface area contributed by atoms with Crippen LogP contribution in [0.1, 0.15) is 18.0 Å². The number of benzene rings is 2. The lowest BCUT2D eigenvalue weighted by atomic mass is 9.80. The second kappa shape index (κ2) is 7.44. The largest absolute Gasteiger partial charge is 0.324 e. The number of urea groups is 1. The predicted octanol–water partition coefficient (Wildman–Crippen LogP) is 4.31. The van der Waals surface area contributed by atoms with Crippen molar-refractivity contribution in [3.63, 3.8) is 0 Å². The smallest absolute Gasteiger partial charge is 0.321 e. The number of para-hydroxylation sites is 1. The topological polar surface area (TPSA) is 54.3 Å². The van der Waals surface area contributed by atoms with Gasteiger partial charge in [0.1, 0.15) is 5.82 Å². The maximum Gasteiger partial charge on any atom is 0.321 e. The second-order valence-corrected chi connectivity index (χ2v) is 8.06. The molecule has 2 aliphatic heterocycles. The van der Waals surface area contributed by atoms with Crippen molar-refractivity contribution in [2.45, 2.75) is 18.9 Å². The average molecular weight is 403 g/mol. The number of hydrogen-bond acceptors (Lipinski definition) is 2. The number of anilines is 1. The normalized spacial score (nSPS) is 19.8. The summed E-state index contributed by atoms with van der Waals surface area (Å²) < 4.78 is 16.3. The highest BCUT2D eigenvalue weighted by atomic mass is 19.1. The van der Waals surface area contributed by atoms with Crippen LogP contribution < -0.4 is 10.9 Å². The van der Waals surface area contributed by atoms with E-state index >= 15 is 0 Å². The van der Waals surface area contributed by atoms with Crippen LogP contribution in [0, 0.1) is 11.7 Å². The predicted molar refractivity (Wildman–Crippen MR) is 114 cm³/mol. The number of hydrogen-bond donors (Lipinski definition) is 1.